The standard InChI is InChI=1S/C86H168O17P2/c1-7-10-12-14-16-18-19-20-21-30-36-41-46-52-58-64-70-85(90)102-81(74-96-83(88)68-62-56-50-17-15-13-11-8-2)76-100-104(92,93)98-72-80(87)73-99-105(94,95)101-77-82(75-97-84(89)69-63-57-51-45-40-35-31-27-26-28-33-38-43-48-54-60-66-78(4)5)103-86(91)71-65-59-53-47-42-37-32-25-23-22-24-29-34-39-44-49-55-61-67-79(6)9-3/h78-82,87H,7-77H2,1-6H3,(H,92,93)(H,94,95)/t79?,80-,81+,82+/m0/s1. The van der Waals surface area contributed by atoms with Crippen LogP contribution < -0.4 is 0 Å². The lowest BCUT2D eigenvalue weighted by atomic mass is 9.99. The highest BCUT2D eigenvalue weighted by molar-refractivity contribution is 7.47. The summed E-state index contributed by atoms with van der Waals surface area (Å²) in [7, 11) is -9.92. The molecule has 0 aromatic heterocycles. The first-order valence-corrected chi connectivity index (χ1v) is 47.5. The minimum atomic E-state index is -4.97. The van der Waals surface area contributed by atoms with Crippen molar-refractivity contribution in [1.29, 1.82) is 0 Å². The van der Waals surface area contributed by atoms with Crippen LogP contribution in [0.1, 0.15) is 459 Å². The van der Waals surface area contributed by atoms with Crippen molar-refractivity contribution in [3.63, 3.8) is 0 Å². The molecule has 0 saturated heterocycles. The van der Waals surface area contributed by atoms with Crippen LogP contribution in [0.2, 0.25) is 0 Å². The number of carbonyl (C=O) groups is 4. The van der Waals surface area contributed by atoms with E-state index in [0.717, 1.165) is 108 Å². The van der Waals surface area contributed by atoms with Gasteiger partial charge in [-0.3, -0.25) is 37.3 Å². The van der Waals surface area contributed by atoms with E-state index < -0.39 is 97.5 Å². The fourth-order valence-corrected chi connectivity index (χ4v) is 15.0. The molecule has 0 aromatic carbocycles. The normalized spacial score (nSPS) is 14.1. The van der Waals surface area contributed by atoms with Crippen molar-refractivity contribution in [3.05, 3.63) is 0 Å². The number of unbranched alkanes of at least 4 members (excludes halogenated alkanes) is 54. The molecule has 624 valence electrons. The molecule has 17 nitrogen and oxygen atoms in total. The summed E-state index contributed by atoms with van der Waals surface area (Å²) in [4.78, 5) is 73.1. The Bertz CT molecular complexity index is 2010. The van der Waals surface area contributed by atoms with Crippen molar-refractivity contribution in [3.8, 4) is 0 Å². The number of hydrogen-bond donors (Lipinski definition) is 3. The molecule has 3 N–H and O–H groups in total. The Morgan fingerprint density at radius 1 is 0.276 bits per heavy atom. The molecule has 0 fully saturated rings. The van der Waals surface area contributed by atoms with E-state index in [4.69, 9.17) is 37.0 Å². The minimum Gasteiger partial charge on any atom is -0.462 e. The maximum absolute atomic E-state index is 13.1. The number of phosphoric ester groups is 2. The van der Waals surface area contributed by atoms with Gasteiger partial charge in [0, 0.05) is 25.7 Å². The van der Waals surface area contributed by atoms with Crippen LogP contribution in [0.25, 0.3) is 0 Å². The maximum Gasteiger partial charge on any atom is 0.472 e. The fraction of sp³-hybridized carbons (Fsp3) is 0.953. The molecule has 0 spiro atoms. The van der Waals surface area contributed by atoms with Crippen LogP contribution in [0, 0.1) is 11.8 Å². The summed E-state index contributed by atoms with van der Waals surface area (Å²) in [6.45, 7) is 9.74. The SMILES string of the molecule is CCCCCCCCCCCCCCCCCCC(=O)O[C@H](COC(=O)CCCCCCCCCC)COP(=O)(O)OC[C@H](O)COP(=O)(O)OC[C@@H](COC(=O)CCCCCCCCCCCCCCCCCCC(C)C)OC(=O)CCCCCCCCCCCCCCCCCCCCC(C)CC. The molecule has 0 aliphatic carbocycles. The van der Waals surface area contributed by atoms with Crippen LogP contribution in [-0.2, 0) is 65.4 Å². The summed E-state index contributed by atoms with van der Waals surface area (Å²) in [6, 6.07) is 0. The van der Waals surface area contributed by atoms with Crippen molar-refractivity contribution in [2.24, 2.45) is 11.8 Å². The average Bonchev–Trinajstić information content (AvgIpc) is 0.906. The lowest BCUT2D eigenvalue weighted by Gasteiger charge is -2.21. The van der Waals surface area contributed by atoms with Crippen molar-refractivity contribution in [1.82, 2.24) is 0 Å². The number of ether oxygens (including phenoxy) is 4. The van der Waals surface area contributed by atoms with Crippen molar-refractivity contribution in [2.45, 2.75) is 477 Å². The van der Waals surface area contributed by atoms with E-state index in [1.807, 2.05) is 0 Å². The molecule has 105 heavy (non-hydrogen) atoms. The molecule has 0 aliphatic rings. The van der Waals surface area contributed by atoms with Crippen LogP contribution in [0.15, 0.2) is 0 Å². The van der Waals surface area contributed by atoms with Gasteiger partial charge in [-0.25, -0.2) is 9.13 Å². The Labute approximate surface area is 645 Å². The van der Waals surface area contributed by atoms with E-state index in [2.05, 4.69) is 41.5 Å². The van der Waals surface area contributed by atoms with Gasteiger partial charge in [0.15, 0.2) is 12.2 Å². The van der Waals surface area contributed by atoms with Gasteiger partial charge in [-0.1, -0.05) is 408 Å². The molecule has 0 bridgehead atoms. The summed E-state index contributed by atoms with van der Waals surface area (Å²) >= 11 is 0. The van der Waals surface area contributed by atoms with Gasteiger partial charge < -0.3 is 33.8 Å². The summed E-state index contributed by atoms with van der Waals surface area (Å²) in [5, 5.41) is 10.7. The van der Waals surface area contributed by atoms with Gasteiger partial charge in [-0.2, -0.15) is 0 Å². The number of aliphatic hydroxyl groups is 1. The van der Waals surface area contributed by atoms with Crippen molar-refractivity contribution < 1.29 is 80.2 Å². The summed E-state index contributed by atoms with van der Waals surface area (Å²) in [6.07, 6.45) is 69.5. The van der Waals surface area contributed by atoms with Crippen LogP contribution in [0.5, 0.6) is 0 Å². The lowest BCUT2D eigenvalue weighted by Crippen LogP contribution is -2.30. The number of phosphoric acid groups is 2. The predicted octanol–water partition coefficient (Wildman–Crippen LogP) is 26.2. The van der Waals surface area contributed by atoms with Gasteiger partial charge in [0.1, 0.15) is 19.3 Å². The first-order valence-electron chi connectivity index (χ1n) is 44.5. The molecule has 0 radical (unpaired) electrons. The highest BCUT2D eigenvalue weighted by Crippen LogP contribution is 2.45. The molecular formula is C86H168O17P2. The highest BCUT2D eigenvalue weighted by Gasteiger charge is 2.30. The van der Waals surface area contributed by atoms with Crippen molar-refractivity contribution in [2.75, 3.05) is 39.6 Å². The topological polar surface area (TPSA) is 237 Å². The number of esters is 4. The molecule has 0 heterocycles. The molecule has 0 saturated carbocycles. The van der Waals surface area contributed by atoms with Gasteiger partial charge >= 0.3 is 39.5 Å². The molecule has 0 aliphatic heterocycles. The van der Waals surface area contributed by atoms with E-state index >= 15 is 0 Å². The van der Waals surface area contributed by atoms with Gasteiger partial charge in [0.25, 0.3) is 0 Å². The highest BCUT2D eigenvalue weighted by atomic mass is 31.2. The van der Waals surface area contributed by atoms with Crippen LogP contribution in [0.3, 0.4) is 0 Å². The third-order valence-corrected chi connectivity index (χ3v) is 22.5. The van der Waals surface area contributed by atoms with Crippen LogP contribution in [0.4, 0.5) is 0 Å². The molecule has 6 atom stereocenters. The van der Waals surface area contributed by atoms with Crippen LogP contribution in [-0.4, -0.2) is 96.7 Å². The second kappa shape index (κ2) is 77.4. The minimum absolute atomic E-state index is 0.108. The summed E-state index contributed by atoms with van der Waals surface area (Å²) in [5.41, 5.74) is 0. The van der Waals surface area contributed by atoms with E-state index in [1.54, 1.807) is 0 Å². The van der Waals surface area contributed by atoms with E-state index in [1.165, 1.54) is 270 Å². The first kappa shape index (κ1) is 103. The summed E-state index contributed by atoms with van der Waals surface area (Å²) in [5.74, 6) is -0.420. The van der Waals surface area contributed by atoms with Gasteiger partial charge in [0.2, 0.25) is 0 Å². The average molecular weight is 1540 g/mol. The maximum atomic E-state index is 13.1. The number of aliphatic hydroxyl groups excluding tert-OH is 1. The number of rotatable bonds is 85. The third-order valence-electron chi connectivity index (χ3n) is 20.6. The van der Waals surface area contributed by atoms with E-state index in [0.29, 0.717) is 25.7 Å². The Kier molecular flexibility index (Phi) is 76.0. The number of carbonyl (C=O) groups excluding carboxylic acids is 4. The van der Waals surface area contributed by atoms with Crippen LogP contribution >= 0.6 is 15.6 Å². The zero-order chi connectivity index (χ0) is 77.1. The van der Waals surface area contributed by atoms with Crippen molar-refractivity contribution >= 4 is 39.5 Å². The quantitative estimate of drug-likeness (QED) is 0.0222. The Morgan fingerprint density at radius 2 is 0.486 bits per heavy atom. The zero-order valence-corrected chi connectivity index (χ0v) is 70.8. The Hall–Kier alpha value is -1.94. The third kappa shape index (κ3) is 78.5. The predicted molar refractivity (Wildman–Crippen MR) is 432 cm³/mol. The Morgan fingerprint density at radius 3 is 0.724 bits per heavy atom. The molecule has 0 aromatic rings. The van der Waals surface area contributed by atoms with Gasteiger partial charge in [-0.15, -0.1) is 0 Å². The largest absolute Gasteiger partial charge is 0.472 e. The first-order chi connectivity index (χ1) is 50.9. The molecule has 0 rings (SSSR count). The van der Waals surface area contributed by atoms with E-state index in [-0.39, 0.29) is 25.7 Å². The Balaban J connectivity index is 5.18. The fourth-order valence-electron chi connectivity index (χ4n) is 13.4. The monoisotopic (exact) mass is 1540 g/mol. The van der Waals surface area contributed by atoms with E-state index in [9.17, 15) is 43.2 Å². The number of hydrogen-bond acceptors (Lipinski definition) is 15. The molecular weight excluding hydrogens is 1370 g/mol. The smallest absolute Gasteiger partial charge is 0.462 e. The lowest BCUT2D eigenvalue weighted by molar-refractivity contribution is -0.161. The van der Waals surface area contributed by atoms with Gasteiger partial charge in [-0.05, 0) is 37.5 Å². The molecule has 0 amide bonds. The molecule has 19 heteroatoms. The zero-order valence-electron chi connectivity index (χ0n) is 69.0. The second-order valence-electron chi connectivity index (χ2n) is 31.6. The van der Waals surface area contributed by atoms with Gasteiger partial charge in [0.05, 0.1) is 26.4 Å². The summed E-state index contributed by atoms with van der Waals surface area (Å²) < 4.78 is 68.8. The second-order valence-corrected chi connectivity index (χ2v) is 34.6. The molecule has 3 unspecified atom stereocenters.